The molecule has 0 aromatic heterocycles. The molecule has 0 unspecified atom stereocenters. The average molecular weight is 487 g/mol. The maximum absolute atomic E-state index is 13.8. The molecule has 6 nitrogen and oxygen atoms in total. The highest BCUT2D eigenvalue weighted by Crippen LogP contribution is 2.51. The number of alkyl halides is 3. The molecule has 0 atom stereocenters. The highest BCUT2D eigenvalue weighted by atomic mass is 19.4. The van der Waals surface area contributed by atoms with Gasteiger partial charge in [0.2, 0.25) is 12.7 Å². The van der Waals surface area contributed by atoms with Gasteiger partial charge < -0.3 is 19.9 Å². The van der Waals surface area contributed by atoms with Crippen LogP contribution >= 0.6 is 0 Å². The number of halogens is 4. The van der Waals surface area contributed by atoms with Crippen LogP contribution in [0.1, 0.15) is 34.3 Å². The van der Waals surface area contributed by atoms with Gasteiger partial charge in [0.05, 0.1) is 16.5 Å². The van der Waals surface area contributed by atoms with Gasteiger partial charge in [-0.25, -0.2) is 9.18 Å². The van der Waals surface area contributed by atoms with Crippen molar-refractivity contribution in [2.75, 3.05) is 12.1 Å². The molecule has 0 radical (unpaired) electrons. The number of fused-ring (bicyclic) bond motifs is 1. The predicted molar refractivity (Wildman–Crippen MR) is 116 cm³/mol. The molecular formula is C25H17F4NO5. The number of aromatic carboxylic acids is 1. The van der Waals surface area contributed by atoms with Crippen LogP contribution in [-0.2, 0) is 16.4 Å². The molecule has 2 aliphatic rings. The van der Waals surface area contributed by atoms with E-state index in [1.165, 1.54) is 0 Å². The maximum atomic E-state index is 13.8. The number of rotatable bonds is 5. The third-order valence-corrected chi connectivity index (χ3v) is 6.20. The molecule has 1 aliphatic heterocycles. The van der Waals surface area contributed by atoms with Crippen molar-refractivity contribution in [2.24, 2.45) is 0 Å². The normalized spacial score (nSPS) is 15.5. The number of amides is 1. The van der Waals surface area contributed by atoms with Gasteiger partial charge in [0.1, 0.15) is 5.82 Å². The maximum Gasteiger partial charge on any atom is 0.417 e. The predicted octanol–water partition coefficient (Wildman–Crippen LogP) is 5.61. The molecule has 2 N–H and O–H groups in total. The fourth-order valence-corrected chi connectivity index (χ4v) is 4.18. The van der Waals surface area contributed by atoms with E-state index in [-0.39, 0.29) is 23.6 Å². The number of carboxylic acids is 1. The van der Waals surface area contributed by atoms with Crippen LogP contribution in [0.4, 0.5) is 23.2 Å². The highest BCUT2D eigenvalue weighted by Gasteiger charge is 2.51. The quantitative estimate of drug-likeness (QED) is 0.457. The number of anilines is 1. The summed E-state index contributed by atoms with van der Waals surface area (Å²) in [5, 5.41) is 11.8. The fraction of sp³-hybridized carbons (Fsp3) is 0.200. The van der Waals surface area contributed by atoms with Gasteiger partial charge >= 0.3 is 12.1 Å². The van der Waals surface area contributed by atoms with E-state index < -0.39 is 40.4 Å². The SMILES string of the molecule is O=C(O)c1cc(-c2cc(NC(=O)C3(c4ccc5c(c4)OCO5)CC3)ccc2C(F)(F)F)ccc1F. The molecule has 0 saturated heterocycles. The third kappa shape index (κ3) is 4.05. The molecule has 3 aromatic rings. The lowest BCUT2D eigenvalue weighted by molar-refractivity contribution is -0.137. The second-order valence-corrected chi connectivity index (χ2v) is 8.36. The van der Waals surface area contributed by atoms with Crippen molar-refractivity contribution in [3.05, 3.63) is 77.1 Å². The van der Waals surface area contributed by atoms with E-state index in [1.54, 1.807) is 18.2 Å². The summed E-state index contributed by atoms with van der Waals surface area (Å²) in [5.41, 5.74) is -2.40. The summed E-state index contributed by atoms with van der Waals surface area (Å²) in [7, 11) is 0. The Balaban J connectivity index is 1.49. The first kappa shape index (κ1) is 22.7. The van der Waals surface area contributed by atoms with Crippen LogP contribution in [0.2, 0.25) is 0 Å². The highest BCUT2D eigenvalue weighted by molar-refractivity contribution is 6.02. The third-order valence-electron chi connectivity index (χ3n) is 6.20. The molecule has 0 spiro atoms. The van der Waals surface area contributed by atoms with E-state index >= 15 is 0 Å². The Morgan fingerprint density at radius 3 is 2.37 bits per heavy atom. The van der Waals surface area contributed by atoms with Gasteiger partial charge in [0.15, 0.2) is 11.5 Å². The topological polar surface area (TPSA) is 84.9 Å². The first-order chi connectivity index (χ1) is 16.6. The zero-order chi connectivity index (χ0) is 25.0. The van der Waals surface area contributed by atoms with Crippen LogP contribution in [0.15, 0.2) is 54.6 Å². The van der Waals surface area contributed by atoms with Crippen molar-refractivity contribution in [3.8, 4) is 22.6 Å². The van der Waals surface area contributed by atoms with E-state index in [1.807, 2.05) is 0 Å². The average Bonchev–Trinajstić information content (AvgIpc) is 3.49. The first-order valence-corrected chi connectivity index (χ1v) is 10.5. The smallest absolute Gasteiger partial charge is 0.417 e. The Morgan fingerprint density at radius 1 is 0.943 bits per heavy atom. The number of nitrogens with one attached hydrogen (secondary N) is 1. The second kappa shape index (κ2) is 8.00. The lowest BCUT2D eigenvalue weighted by Crippen LogP contribution is -2.27. The van der Waals surface area contributed by atoms with Crippen LogP contribution in [0.25, 0.3) is 11.1 Å². The molecule has 3 aromatic carbocycles. The molecule has 5 rings (SSSR count). The number of carbonyl (C=O) groups excluding carboxylic acids is 1. The van der Waals surface area contributed by atoms with E-state index in [9.17, 15) is 27.2 Å². The Morgan fingerprint density at radius 2 is 1.69 bits per heavy atom. The largest absolute Gasteiger partial charge is 0.478 e. The number of benzene rings is 3. The zero-order valence-electron chi connectivity index (χ0n) is 17.9. The number of carboxylic acid groups (broad SMARTS) is 1. The fourth-order valence-electron chi connectivity index (χ4n) is 4.18. The minimum absolute atomic E-state index is 0.0826. The molecule has 180 valence electrons. The van der Waals surface area contributed by atoms with Gasteiger partial charge in [0, 0.05) is 5.69 Å². The zero-order valence-corrected chi connectivity index (χ0v) is 17.9. The molecule has 10 heteroatoms. The van der Waals surface area contributed by atoms with E-state index in [2.05, 4.69) is 5.32 Å². The van der Waals surface area contributed by atoms with Crippen LogP contribution in [0.5, 0.6) is 11.5 Å². The molecule has 0 bridgehead atoms. The summed E-state index contributed by atoms with van der Waals surface area (Å²) < 4.78 is 65.6. The molecule has 1 heterocycles. The summed E-state index contributed by atoms with van der Waals surface area (Å²) >= 11 is 0. The minimum atomic E-state index is -4.76. The van der Waals surface area contributed by atoms with Crippen molar-refractivity contribution < 1.29 is 41.7 Å². The molecular weight excluding hydrogens is 470 g/mol. The summed E-state index contributed by atoms with van der Waals surface area (Å²) in [4.78, 5) is 24.5. The van der Waals surface area contributed by atoms with Gasteiger partial charge in [-0.15, -0.1) is 0 Å². The summed E-state index contributed by atoms with van der Waals surface area (Å²) in [6.07, 6.45) is -3.67. The Kier molecular flexibility index (Phi) is 5.19. The van der Waals surface area contributed by atoms with Crippen LogP contribution < -0.4 is 14.8 Å². The molecule has 35 heavy (non-hydrogen) atoms. The van der Waals surface area contributed by atoms with E-state index in [0.29, 0.717) is 29.9 Å². The molecule has 1 saturated carbocycles. The van der Waals surface area contributed by atoms with Crippen molar-refractivity contribution in [3.63, 3.8) is 0 Å². The summed E-state index contributed by atoms with van der Waals surface area (Å²) in [6.45, 7) is 0.0826. The number of ether oxygens (including phenoxy) is 2. The van der Waals surface area contributed by atoms with Gasteiger partial charge in [-0.3, -0.25) is 4.79 Å². The van der Waals surface area contributed by atoms with Crippen LogP contribution in [-0.4, -0.2) is 23.8 Å². The van der Waals surface area contributed by atoms with Crippen LogP contribution in [0.3, 0.4) is 0 Å². The Hall–Kier alpha value is -4.08. The Bertz CT molecular complexity index is 1360. The minimum Gasteiger partial charge on any atom is -0.478 e. The molecule has 1 aliphatic carbocycles. The lowest BCUT2D eigenvalue weighted by Gasteiger charge is -2.19. The summed E-state index contributed by atoms with van der Waals surface area (Å²) in [6, 6.07) is 10.9. The van der Waals surface area contributed by atoms with Gasteiger partial charge in [-0.2, -0.15) is 13.2 Å². The number of hydrogen-bond acceptors (Lipinski definition) is 4. The van der Waals surface area contributed by atoms with Crippen LogP contribution in [0, 0.1) is 5.82 Å². The van der Waals surface area contributed by atoms with E-state index in [4.69, 9.17) is 14.6 Å². The lowest BCUT2D eigenvalue weighted by atomic mass is 9.93. The van der Waals surface area contributed by atoms with Crippen molar-refractivity contribution in [1.82, 2.24) is 0 Å². The second-order valence-electron chi connectivity index (χ2n) is 8.36. The number of carbonyl (C=O) groups is 2. The van der Waals surface area contributed by atoms with E-state index in [0.717, 1.165) is 36.4 Å². The molecule has 1 fully saturated rings. The number of hydrogen-bond donors (Lipinski definition) is 2. The van der Waals surface area contributed by atoms with Gasteiger partial charge in [-0.1, -0.05) is 12.1 Å². The van der Waals surface area contributed by atoms with Crippen molar-refractivity contribution in [1.29, 1.82) is 0 Å². The van der Waals surface area contributed by atoms with Gasteiger partial charge in [-0.05, 0) is 72.0 Å². The Labute approximate surface area is 196 Å². The summed E-state index contributed by atoms with van der Waals surface area (Å²) in [5.74, 6) is -1.99. The molecule has 1 amide bonds. The standard InChI is InChI=1S/C25H17F4NO5/c26-19-5-1-13(9-17(19)22(31)32)16-11-15(3-4-18(16)25(27,28)29)30-23(33)24(7-8-24)14-2-6-20-21(10-14)35-12-34-20/h1-6,9-11H,7-8,12H2,(H,30,33)(H,31,32). The van der Waals surface area contributed by atoms with Gasteiger partial charge in [0.25, 0.3) is 0 Å². The monoisotopic (exact) mass is 487 g/mol. The van der Waals surface area contributed by atoms with Crippen molar-refractivity contribution >= 4 is 17.6 Å². The van der Waals surface area contributed by atoms with Crippen molar-refractivity contribution in [2.45, 2.75) is 24.4 Å². The first-order valence-electron chi connectivity index (χ1n) is 10.5.